The summed E-state index contributed by atoms with van der Waals surface area (Å²) < 4.78 is 0. The topological polar surface area (TPSA) is 80.0 Å². The predicted octanol–water partition coefficient (Wildman–Crippen LogP) is 1.67. The van der Waals surface area contributed by atoms with Crippen molar-refractivity contribution in [1.29, 1.82) is 0 Å². The van der Waals surface area contributed by atoms with Gasteiger partial charge in [-0.2, -0.15) is 0 Å². The molecule has 2 aromatic rings. The Balaban J connectivity index is 1.74. The number of carbonyl (C=O) groups is 1. The van der Waals surface area contributed by atoms with Crippen LogP contribution in [0, 0.1) is 5.92 Å². The minimum absolute atomic E-state index is 0.0104. The monoisotopic (exact) mass is 298 g/mol. The lowest BCUT2D eigenvalue weighted by molar-refractivity contribution is -0.117. The molecule has 1 aromatic heterocycles. The minimum Gasteiger partial charge on any atom is -0.330 e. The molecule has 0 aliphatic carbocycles. The summed E-state index contributed by atoms with van der Waals surface area (Å²) in [7, 11) is 0. The van der Waals surface area contributed by atoms with E-state index in [0.717, 1.165) is 36.0 Å². The quantitative estimate of drug-likeness (QED) is 0.802. The van der Waals surface area contributed by atoms with Crippen molar-refractivity contribution in [2.45, 2.75) is 25.8 Å². The van der Waals surface area contributed by atoms with Crippen LogP contribution in [0.2, 0.25) is 0 Å². The standard InChI is InChI=1S/C17H22N4O/c1-2-11-3-4-15-13(5-11)7-14(10-20-15)21-17(22)16-6-12(8-18)9-19-16/h3-5,7,10,12,16,19H,2,6,8-9,18H2,1H3,(H,21,22)/t12-,16-/m1/s1. The van der Waals surface area contributed by atoms with Gasteiger partial charge in [0.05, 0.1) is 23.4 Å². The van der Waals surface area contributed by atoms with E-state index in [1.807, 2.05) is 12.1 Å². The molecule has 0 bridgehead atoms. The maximum atomic E-state index is 12.3. The second-order valence-corrected chi connectivity index (χ2v) is 5.89. The maximum Gasteiger partial charge on any atom is 0.241 e. The maximum absolute atomic E-state index is 12.3. The molecule has 0 spiro atoms. The molecule has 0 unspecified atom stereocenters. The summed E-state index contributed by atoms with van der Waals surface area (Å²) in [5.74, 6) is 0.376. The number of benzene rings is 1. The fourth-order valence-corrected chi connectivity index (χ4v) is 2.89. The molecule has 5 nitrogen and oxygen atoms in total. The van der Waals surface area contributed by atoms with Gasteiger partial charge in [0, 0.05) is 5.39 Å². The molecule has 1 aliphatic heterocycles. The molecule has 1 saturated heterocycles. The molecule has 1 amide bonds. The lowest BCUT2D eigenvalue weighted by atomic mass is 10.1. The first kappa shape index (κ1) is 14.9. The van der Waals surface area contributed by atoms with Crippen LogP contribution in [0.3, 0.4) is 0 Å². The number of hydrogen-bond acceptors (Lipinski definition) is 4. The van der Waals surface area contributed by atoms with Gasteiger partial charge in [-0.1, -0.05) is 13.0 Å². The van der Waals surface area contributed by atoms with Crippen LogP contribution in [0.1, 0.15) is 18.9 Å². The van der Waals surface area contributed by atoms with Crippen molar-refractivity contribution in [3.63, 3.8) is 0 Å². The summed E-state index contributed by atoms with van der Waals surface area (Å²) >= 11 is 0. The Kier molecular flexibility index (Phi) is 4.36. The van der Waals surface area contributed by atoms with Gasteiger partial charge in [0.15, 0.2) is 0 Å². The number of aryl methyl sites for hydroxylation is 1. The summed E-state index contributed by atoms with van der Waals surface area (Å²) in [5, 5.41) is 7.23. The second kappa shape index (κ2) is 6.42. The van der Waals surface area contributed by atoms with Gasteiger partial charge in [-0.05, 0) is 55.6 Å². The largest absolute Gasteiger partial charge is 0.330 e. The van der Waals surface area contributed by atoms with Gasteiger partial charge < -0.3 is 16.4 Å². The summed E-state index contributed by atoms with van der Waals surface area (Å²) in [6.07, 6.45) is 3.49. The average Bonchev–Trinajstić information content (AvgIpc) is 3.03. The molecule has 4 N–H and O–H groups in total. The van der Waals surface area contributed by atoms with Gasteiger partial charge in [-0.25, -0.2) is 0 Å². The normalized spacial score (nSPS) is 21.2. The van der Waals surface area contributed by atoms with Crippen LogP contribution < -0.4 is 16.4 Å². The molecule has 1 aliphatic rings. The number of amides is 1. The Morgan fingerprint density at radius 3 is 3.05 bits per heavy atom. The lowest BCUT2D eigenvalue weighted by Crippen LogP contribution is -2.35. The van der Waals surface area contributed by atoms with E-state index in [-0.39, 0.29) is 11.9 Å². The number of nitrogens with one attached hydrogen (secondary N) is 2. The number of carbonyl (C=O) groups excluding carboxylic acids is 1. The van der Waals surface area contributed by atoms with E-state index in [1.165, 1.54) is 5.56 Å². The third kappa shape index (κ3) is 3.10. The van der Waals surface area contributed by atoms with Gasteiger partial charge in [0.2, 0.25) is 5.91 Å². The van der Waals surface area contributed by atoms with Crippen LogP contribution in [0.4, 0.5) is 5.69 Å². The van der Waals surface area contributed by atoms with Gasteiger partial charge in [0.1, 0.15) is 0 Å². The molecule has 1 aromatic carbocycles. The third-order valence-corrected chi connectivity index (χ3v) is 4.29. The van der Waals surface area contributed by atoms with E-state index in [1.54, 1.807) is 6.20 Å². The Bertz CT molecular complexity index is 685. The number of rotatable bonds is 4. The van der Waals surface area contributed by atoms with Gasteiger partial charge in [0.25, 0.3) is 0 Å². The molecule has 2 atom stereocenters. The zero-order valence-electron chi connectivity index (χ0n) is 12.8. The van der Waals surface area contributed by atoms with Crippen LogP contribution in [-0.2, 0) is 11.2 Å². The SMILES string of the molecule is CCc1ccc2ncc(NC(=O)[C@H]3C[C@H](CN)CN3)cc2c1. The molecule has 5 heteroatoms. The number of aromatic nitrogens is 1. The lowest BCUT2D eigenvalue weighted by Gasteiger charge is -2.12. The first-order valence-electron chi connectivity index (χ1n) is 7.82. The Hall–Kier alpha value is -1.98. The summed E-state index contributed by atoms with van der Waals surface area (Å²) in [5.41, 5.74) is 8.60. The van der Waals surface area contributed by atoms with Crippen LogP contribution in [0.5, 0.6) is 0 Å². The van der Waals surface area contributed by atoms with Crippen molar-refractivity contribution in [3.05, 3.63) is 36.0 Å². The minimum atomic E-state index is -0.161. The van der Waals surface area contributed by atoms with E-state index in [2.05, 4.69) is 34.7 Å². The molecule has 22 heavy (non-hydrogen) atoms. The van der Waals surface area contributed by atoms with Crippen molar-refractivity contribution in [2.75, 3.05) is 18.4 Å². The average molecular weight is 298 g/mol. The molecule has 116 valence electrons. The fourth-order valence-electron chi connectivity index (χ4n) is 2.89. The molecule has 0 radical (unpaired) electrons. The molecule has 3 rings (SSSR count). The summed E-state index contributed by atoms with van der Waals surface area (Å²) in [6.45, 7) is 3.55. The third-order valence-electron chi connectivity index (χ3n) is 4.29. The summed E-state index contributed by atoms with van der Waals surface area (Å²) in [4.78, 5) is 16.7. The number of fused-ring (bicyclic) bond motifs is 1. The zero-order chi connectivity index (χ0) is 15.5. The van der Waals surface area contributed by atoms with E-state index in [0.29, 0.717) is 12.5 Å². The number of anilines is 1. The molecular weight excluding hydrogens is 276 g/mol. The predicted molar refractivity (Wildman–Crippen MR) is 88.7 cm³/mol. The number of nitrogens with zero attached hydrogens (tertiary/aromatic N) is 1. The highest BCUT2D eigenvalue weighted by molar-refractivity contribution is 5.96. The molecule has 2 heterocycles. The van der Waals surface area contributed by atoms with E-state index < -0.39 is 0 Å². The van der Waals surface area contributed by atoms with Crippen molar-refractivity contribution < 1.29 is 4.79 Å². The van der Waals surface area contributed by atoms with Crippen molar-refractivity contribution >= 4 is 22.5 Å². The van der Waals surface area contributed by atoms with E-state index >= 15 is 0 Å². The first-order chi connectivity index (χ1) is 10.7. The van der Waals surface area contributed by atoms with Crippen LogP contribution in [-0.4, -0.2) is 30.0 Å². The van der Waals surface area contributed by atoms with E-state index in [4.69, 9.17) is 5.73 Å². The highest BCUT2D eigenvalue weighted by Gasteiger charge is 2.28. The number of pyridine rings is 1. The molecular formula is C17H22N4O. The summed E-state index contributed by atoms with van der Waals surface area (Å²) in [6, 6.07) is 8.05. The first-order valence-corrected chi connectivity index (χ1v) is 7.82. The van der Waals surface area contributed by atoms with Crippen molar-refractivity contribution in [1.82, 2.24) is 10.3 Å². The smallest absolute Gasteiger partial charge is 0.241 e. The molecule has 0 saturated carbocycles. The van der Waals surface area contributed by atoms with Crippen LogP contribution in [0.25, 0.3) is 10.9 Å². The van der Waals surface area contributed by atoms with E-state index in [9.17, 15) is 4.79 Å². The second-order valence-electron chi connectivity index (χ2n) is 5.89. The highest BCUT2D eigenvalue weighted by Crippen LogP contribution is 2.20. The van der Waals surface area contributed by atoms with Crippen LogP contribution in [0.15, 0.2) is 30.5 Å². The van der Waals surface area contributed by atoms with Crippen molar-refractivity contribution in [2.24, 2.45) is 11.7 Å². The number of nitrogens with two attached hydrogens (primary N) is 1. The Morgan fingerprint density at radius 2 is 2.32 bits per heavy atom. The fraction of sp³-hybridized carbons (Fsp3) is 0.412. The van der Waals surface area contributed by atoms with Gasteiger partial charge in [-0.15, -0.1) is 0 Å². The molecule has 1 fully saturated rings. The van der Waals surface area contributed by atoms with Crippen molar-refractivity contribution in [3.8, 4) is 0 Å². The van der Waals surface area contributed by atoms with Gasteiger partial charge >= 0.3 is 0 Å². The highest BCUT2D eigenvalue weighted by atomic mass is 16.2. The Morgan fingerprint density at radius 1 is 1.45 bits per heavy atom. The Labute approximate surface area is 130 Å². The van der Waals surface area contributed by atoms with Crippen LogP contribution >= 0.6 is 0 Å². The zero-order valence-corrected chi connectivity index (χ0v) is 12.8. The van der Waals surface area contributed by atoms with Gasteiger partial charge in [-0.3, -0.25) is 9.78 Å². The number of hydrogen-bond donors (Lipinski definition) is 3.